The van der Waals surface area contributed by atoms with E-state index in [1.807, 2.05) is 0 Å². The fourth-order valence-corrected chi connectivity index (χ4v) is 1.94. The Labute approximate surface area is 105 Å². The molecule has 2 rings (SSSR count). The number of halogens is 1. The van der Waals surface area contributed by atoms with Crippen molar-refractivity contribution >= 4 is 11.6 Å². The molecule has 0 aliphatic heterocycles. The van der Waals surface area contributed by atoms with Crippen LogP contribution < -0.4 is 5.56 Å². The molecular weight excluding hydrogens is 240 g/mol. The summed E-state index contributed by atoms with van der Waals surface area (Å²) in [5, 5.41) is 9.97. The van der Waals surface area contributed by atoms with E-state index >= 15 is 0 Å². The highest BCUT2D eigenvalue weighted by atomic mass is 35.5. The van der Waals surface area contributed by atoms with Gasteiger partial charge in [0.15, 0.2) is 0 Å². The molecule has 0 amide bonds. The fourth-order valence-electron chi connectivity index (χ4n) is 1.76. The molecule has 1 heterocycles. The lowest BCUT2D eigenvalue weighted by molar-refractivity contribution is 0.0655. The van der Waals surface area contributed by atoms with E-state index in [1.54, 1.807) is 18.4 Å². The fraction of sp³-hybridized carbons (Fsp3) is 0.667. The molecule has 17 heavy (non-hydrogen) atoms. The molecule has 1 fully saturated rings. The average molecular weight is 257 g/mol. The maximum Gasteiger partial charge on any atom is 0.254 e. The van der Waals surface area contributed by atoms with Crippen LogP contribution >= 0.6 is 11.6 Å². The number of hydrogen-bond acceptors (Lipinski definition) is 3. The van der Waals surface area contributed by atoms with Crippen LogP contribution in [0.15, 0.2) is 10.9 Å². The number of rotatable bonds is 4. The first-order valence-corrected chi connectivity index (χ1v) is 6.24. The Morgan fingerprint density at radius 2 is 2.24 bits per heavy atom. The van der Waals surface area contributed by atoms with E-state index in [4.69, 9.17) is 11.6 Å². The zero-order chi connectivity index (χ0) is 12.6. The SMILES string of the molecule is CC(C)(O)CCn1c(C2CC2)nc(Cl)cc1=O. The maximum absolute atomic E-state index is 11.9. The van der Waals surface area contributed by atoms with Crippen LogP contribution in [-0.2, 0) is 6.54 Å². The molecule has 0 bridgehead atoms. The van der Waals surface area contributed by atoms with Crippen molar-refractivity contribution in [1.82, 2.24) is 9.55 Å². The second-order valence-electron chi connectivity index (χ2n) is 5.26. The molecule has 1 aliphatic rings. The zero-order valence-electron chi connectivity index (χ0n) is 10.1. The normalized spacial score (nSPS) is 16.2. The van der Waals surface area contributed by atoms with Crippen molar-refractivity contribution in [3.63, 3.8) is 0 Å². The zero-order valence-corrected chi connectivity index (χ0v) is 10.9. The van der Waals surface area contributed by atoms with Crippen LogP contribution in [0.1, 0.15) is 44.9 Å². The van der Waals surface area contributed by atoms with E-state index in [0.717, 1.165) is 18.7 Å². The molecule has 5 heteroatoms. The molecule has 0 unspecified atom stereocenters. The third kappa shape index (κ3) is 3.30. The Morgan fingerprint density at radius 1 is 1.59 bits per heavy atom. The van der Waals surface area contributed by atoms with Crippen LogP contribution in [0.3, 0.4) is 0 Å². The highest BCUT2D eigenvalue weighted by molar-refractivity contribution is 6.29. The molecule has 0 atom stereocenters. The van der Waals surface area contributed by atoms with Crippen molar-refractivity contribution in [1.29, 1.82) is 0 Å². The van der Waals surface area contributed by atoms with Crippen LogP contribution in [0.5, 0.6) is 0 Å². The minimum absolute atomic E-state index is 0.129. The van der Waals surface area contributed by atoms with E-state index in [-0.39, 0.29) is 10.7 Å². The van der Waals surface area contributed by atoms with Gasteiger partial charge in [-0.2, -0.15) is 0 Å². The van der Waals surface area contributed by atoms with Gasteiger partial charge in [0.25, 0.3) is 5.56 Å². The van der Waals surface area contributed by atoms with Gasteiger partial charge in [-0.3, -0.25) is 9.36 Å². The van der Waals surface area contributed by atoms with E-state index in [0.29, 0.717) is 18.9 Å². The first kappa shape index (κ1) is 12.6. The summed E-state index contributed by atoms with van der Waals surface area (Å²) in [4.78, 5) is 16.1. The monoisotopic (exact) mass is 256 g/mol. The first-order chi connectivity index (χ1) is 7.87. The smallest absolute Gasteiger partial charge is 0.254 e. The predicted octanol–water partition coefficient (Wildman–Crippen LogP) is 1.94. The van der Waals surface area contributed by atoms with E-state index in [1.165, 1.54) is 6.07 Å². The summed E-state index contributed by atoms with van der Waals surface area (Å²) in [5.41, 5.74) is -0.906. The lowest BCUT2D eigenvalue weighted by Crippen LogP contribution is -2.29. The Bertz CT molecular complexity index is 472. The topological polar surface area (TPSA) is 55.1 Å². The molecule has 0 spiro atoms. The van der Waals surface area contributed by atoms with Crippen molar-refractivity contribution in [3.05, 3.63) is 27.4 Å². The average Bonchev–Trinajstić information content (AvgIpc) is 2.96. The second kappa shape index (κ2) is 4.42. The predicted molar refractivity (Wildman–Crippen MR) is 66.4 cm³/mol. The number of aliphatic hydroxyl groups is 1. The van der Waals surface area contributed by atoms with Crippen molar-refractivity contribution < 1.29 is 5.11 Å². The molecule has 1 aromatic rings. The molecule has 1 aromatic heterocycles. The summed E-state index contributed by atoms with van der Waals surface area (Å²) in [6.07, 6.45) is 2.65. The summed E-state index contributed by atoms with van der Waals surface area (Å²) >= 11 is 5.81. The van der Waals surface area contributed by atoms with Crippen molar-refractivity contribution in [2.75, 3.05) is 0 Å². The minimum Gasteiger partial charge on any atom is -0.390 e. The molecule has 0 aromatic carbocycles. The van der Waals surface area contributed by atoms with Crippen molar-refractivity contribution in [3.8, 4) is 0 Å². The molecule has 0 radical (unpaired) electrons. The van der Waals surface area contributed by atoms with Gasteiger partial charge in [0.05, 0.1) is 5.60 Å². The van der Waals surface area contributed by atoms with Gasteiger partial charge >= 0.3 is 0 Å². The minimum atomic E-state index is -0.778. The summed E-state index contributed by atoms with van der Waals surface area (Å²) in [6.45, 7) is 3.95. The number of aromatic nitrogens is 2. The Morgan fingerprint density at radius 3 is 2.76 bits per heavy atom. The van der Waals surface area contributed by atoms with Crippen LogP contribution in [0.25, 0.3) is 0 Å². The Kier molecular flexibility index (Phi) is 3.27. The third-order valence-electron chi connectivity index (χ3n) is 2.90. The highest BCUT2D eigenvalue weighted by Gasteiger charge is 2.29. The van der Waals surface area contributed by atoms with Crippen LogP contribution in [0, 0.1) is 0 Å². The molecule has 94 valence electrons. The molecule has 1 aliphatic carbocycles. The Hall–Kier alpha value is -0.870. The third-order valence-corrected chi connectivity index (χ3v) is 3.09. The summed E-state index contributed by atoms with van der Waals surface area (Å²) in [5.74, 6) is 1.13. The lowest BCUT2D eigenvalue weighted by atomic mass is 10.1. The van der Waals surface area contributed by atoms with Gasteiger partial charge in [-0.05, 0) is 33.1 Å². The van der Waals surface area contributed by atoms with Crippen molar-refractivity contribution in [2.24, 2.45) is 0 Å². The number of nitrogens with zero attached hydrogens (tertiary/aromatic N) is 2. The first-order valence-electron chi connectivity index (χ1n) is 5.86. The Balaban J connectivity index is 2.28. The van der Waals surface area contributed by atoms with Crippen LogP contribution in [-0.4, -0.2) is 20.3 Å². The number of hydrogen-bond donors (Lipinski definition) is 1. The quantitative estimate of drug-likeness (QED) is 0.838. The van der Waals surface area contributed by atoms with Crippen molar-refractivity contribution in [2.45, 2.75) is 51.2 Å². The standard InChI is InChI=1S/C12H17ClN2O2/c1-12(2,17)5-6-15-10(16)7-9(13)14-11(15)8-3-4-8/h7-8,17H,3-6H2,1-2H3. The molecule has 1 N–H and O–H groups in total. The van der Waals surface area contributed by atoms with Gasteiger partial charge in [-0.25, -0.2) is 4.98 Å². The molecule has 0 saturated heterocycles. The largest absolute Gasteiger partial charge is 0.390 e. The van der Waals surface area contributed by atoms with Crippen LogP contribution in [0.4, 0.5) is 0 Å². The molecular formula is C12H17ClN2O2. The van der Waals surface area contributed by atoms with E-state index in [2.05, 4.69) is 4.98 Å². The summed E-state index contributed by atoms with van der Waals surface area (Å²) < 4.78 is 1.64. The van der Waals surface area contributed by atoms with Gasteiger partial charge in [-0.15, -0.1) is 0 Å². The van der Waals surface area contributed by atoms with Gasteiger partial charge in [0.2, 0.25) is 0 Å². The molecule has 4 nitrogen and oxygen atoms in total. The summed E-state index contributed by atoms with van der Waals surface area (Å²) in [7, 11) is 0. The maximum atomic E-state index is 11.9. The van der Waals surface area contributed by atoms with Gasteiger partial charge in [0.1, 0.15) is 11.0 Å². The van der Waals surface area contributed by atoms with Crippen LogP contribution in [0.2, 0.25) is 5.15 Å². The highest BCUT2D eigenvalue weighted by Crippen LogP contribution is 2.38. The second-order valence-corrected chi connectivity index (χ2v) is 5.65. The van der Waals surface area contributed by atoms with E-state index in [9.17, 15) is 9.90 Å². The van der Waals surface area contributed by atoms with Gasteiger partial charge < -0.3 is 5.11 Å². The van der Waals surface area contributed by atoms with Gasteiger partial charge in [-0.1, -0.05) is 11.6 Å². The lowest BCUT2D eigenvalue weighted by Gasteiger charge is -2.19. The molecule has 1 saturated carbocycles. The van der Waals surface area contributed by atoms with E-state index < -0.39 is 5.60 Å². The summed E-state index contributed by atoms with van der Waals surface area (Å²) in [6, 6.07) is 1.33. The van der Waals surface area contributed by atoms with Gasteiger partial charge in [0, 0.05) is 18.5 Å².